The number of para-hydroxylation sites is 2. The lowest BCUT2D eigenvalue weighted by atomic mass is 10.1. The molecule has 0 N–H and O–H groups in total. The molecule has 2 aromatic rings. The Labute approximate surface area is 90.9 Å². The lowest BCUT2D eigenvalue weighted by molar-refractivity contribution is 0.467. The number of nitrogens with zero attached hydrogens (tertiary/aromatic N) is 2. The maximum absolute atomic E-state index is 4.37. The molecule has 0 bridgehead atoms. The van der Waals surface area contributed by atoms with Crippen LogP contribution < -0.4 is 0 Å². The van der Waals surface area contributed by atoms with E-state index in [1.54, 1.807) is 0 Å². The minimum atomic E-state index is 0.275. The van der Waals surface area contributed by atoms with Crippen molar-refractivity contribution in [3.8, 4) is 0 Å². The van der Waals surface area contributed by atoms with Crippen molar-refractivity contribution in [1.82, 2.24) is 9.55 Å². The summed E-state index contributed by atoms with van der Waals surface area (Å²) >= 11 is 0. The van der Waals surface area contributed by atoms with Crippen molar-refractivity contribution in [3.63, 3.8) is 0 Å². The Morgan fingerprint density at radius 2 is 2.07 bits per heavy atom. The molecular weight excluding hydrogens is 184 g/mol. The highest BCUT2D eigenvalue weighted by molar-refractivity contribution is 5.75. The molecule has 0 aliphatic heterocycles. The molecule has 2 nitrogen and oxygen atoms in total. The fourth-order valence-corrected chi connectivity index (χ4v) is 1.93. The van der Waals surface area contributed by atoms with Crippen LogP contribution in [-0.2, 0) is 0 Å². The summed E-state index contributed by atoms with van der Waals surface area (Å²) in [5.41, 5.74) is 2.23. The van der Waals surface area contributed by atoms with Gasteiger partial charge in [-0.25, -0.2) is 4.98 Å². The van der Waals surface area contributed by atoms with E-state index in [2.05, 4.69) is 36.4 Å². The van der Waals surface area contributed by atoms with Crippen molar-refractivity contribution in [1.29, 1.82) is 0 Å². The summed E-state index contributed by atoms with van der Waals surface area (Å²) in [6.45, 7) is 8.63. The predicted molar refractivity (Wildman–Crippen MR) is 63.6 cm³/mol. The van der Waals surface area contributed by atoms with E-state index >= 15 is 0 Å². The van der Waals surface area contributed by atoms with Gasteiger partial charge < -0.3 is 4.57 Å². The summed E-state index contributed by atoms with van der Waals surface area (Å²) in [6, 6.07) is 8.47. The third-order valence-electron chi connectivity index (χ3n) is 2.62. The summed E-state index contributed by atoms with van der Waals surface area (Å²) in [4.78, 5) is 4.37. The molecule has 0 spiro atoms. The topological polar surface area (TPSA) is 17.8 Å². The Kier molecular flexibility index (Phi) is 2.76. The molecule has 0 fully saturated rings. The van der Waals surface area contributed by atoms with Gasteiger partial charge in [0.1, 0.15) is 0 Å². The quantitative estimate of drug-likeness (QED) is 0.743. The summed E-state index contributed by atoms with van der Waals surface area (Å²) in [5.74, 6) is 0.661. The van der Waals surface area contributed by atoms with Gasteiger partial charge in [0.25, 0.3) is 0 Å². The highest BCUT2D eigenvalue weighted by Gasteiger charge is 2.10. The SMILES string of the molecule is [CH2]C(CC(C)C)n1cnc2ccccc21. The monoisotopic (exact) mass is 201 g/mol. The molecule has 1 radical (unpaired) electrons. The van der Waals surface area contributed by atoms with E-state index in [4.69, 9.17) is 0 Å². The van der Waals surface area contributed by atoms with E-state index in [9.17, 15) is 0 Å². The third-order valence-corrected chi connectivity index (χ3v) is 2.62. The average Bonchev–Trinajstić information content (AvgIpc) is 2.59. The van der Waals surface area contributed by atoms with Crippen molar-refractivity contribution in [3.05, 3.63) is 37.5 Å². The van der Waals surface area contributed by atoms with E-state index in [0.29, 0.717) is 5.92 Å². The summed E-state index contributed by atoms with van der Waals surface area (Å²) in [5, 5.41) is 0. The molecule has 1 aromatic carbocycles. The first kappa shape index (κ1) is 10.2. The van der Waals surface area contributed by atoms with Crippen LogP contribution in [0.5, 0.6) is 0 Å². The van der Waals surface area contributed by atoms with Gasteiger partial charge in [0.05, 0.1) is 17.4 Å². The highest BCUT2D eigenvalue weighted by atomic mass is 15.1. The first-order chi connectivity index (χ1) is 7.18. The standard InChI is InChI=1S/C13H17N2/c1-10(2)8-11(3)15-9-14-12-6-4-5-7-13(12)15/h4-7,9-11H,3,8H2,1-2H3. The lowest BCUT2D eigenvalue weighted by Gasteiger charge is -2.16. The molecule has 0 saturated heterocycles. The predicted octanol–water partition coefficient (Wildman–Crippen LogP) is 3.46. The summed E-state index contributed by atoms with van der Waals surface area (Å²) in [7, 11) is 0. The van der Waals surface area contributed by atoms with Crippen LogP contribution >= 0.6 is 0 Å². The van der Waals surface area contributed by atoms with Crippen LogP contribution in [0.15, 0.2) is 30.6 Å². The molecule has 1 unspecified atom stereocenters. The van der Waals surface area contributed by atoms with Gasteiger partial charge in [-0.15, -0.1) is 0 Å². The zero-order chi connectivity index (χ0) is 10.8. The number of aromatic nitrogens is 2. The van der Waals surface area contributed by atoms with Gasteiger partial charge in [0.2, 0.25) is 0 Å². The molecule has 0 aliphatic rings. The van der Waals surface area contributed by atoms with E-state index in [1.807, 2.05) is 24.5 Å². The van der Waals surface area contributed by atoms with Crippen LogP contribution in [-0.4, -0.2) is 9.55 Å². The summed E-state index contributed by atoms with van der Waals surface area (Å²) < 4.78 is 2.16. The van der Waals surface area contributed by atoms with Crippen LogP contribution in [0.2, 0.25) is 0 Å². The maximum Gasteiger partial charge on any atom is 0.0960 e. The molecule has 1 heterocycles. The number of rotatable bonds is 3. The molecule has 0 saturated carbocycles. The highest BCUT2D eigenvalue weighted by Crippen LogP contribution is 2.21. The zero-order valence-electron chi connectivity index (χ0n) is 9.35. The molecule has 0 aliphatic carbocycles. The van der Waals surface area contributed by atoms with Crippen LogP contribution in [0.4, 0.5) is 0 Å². The average molecular weight is 201 g/mol. The van der Waals surface area contributed by atoms with Gasteiger partial charge in [-0.1, -0.05) is 26.0 Å². The van der Waals surface area contributed by atoms with Crippen LogP contribution in [0.25, 0.3) is 11.0 Å². The number of imidazole rings is 1. The van der Waals surface area contributed by atoms with Crippen molar-refractivity contribution in [2.45, 2.75) is 26.3 Å². The van der Waals surface area contributed by atoms with Crippen molar-refractivity contribution in [2.24, 2.45) is 5.92 Å². The normalized spacial score (nSPS) is 13.6. The van der Waals surface area contributed by atoms with Gasteiger partial charge in [-0.05, 0) is 31.4 Å². The Balaban J connectivity index is 2.35. The van der Waals surface area contributed by atoms with Gasteiger partial charge in [0, 0.05) is 6.04 Å². The number of benzene rings is 1. The third kappa shape index (κ3) is 2.04. The van der Waals surface area contributed by atoms with Gasteiger partial charge in [0.15, 0.2) is 0 Å². The van der Waals surface area contributed by atoms with Crippen molar-refractivity contribution < 1.29 is 0 Å². The fraction of sp³-hybridized carbons (Fsp3) is 0.385. The minimum absolute atomic E-state index is 0.275. The minimum Gasteiger partial charge on any atom is -0.327 e. The lowest BCUT2D eigenvalue weighted by Crippen LogP contribution is -2.06. The molecule has 15 heavy (non-hydrogen) atoms. The fourth-order valence-electron chi connectivity index (χ4n) is 1.93. The van der Waals surface area contributed by atoms with Crippen molar-refractivity contribution >= 4 is 11.0 Å². The largest absolute Gasteiger partial charge is 0.327 e. The Bertz CT molecular complexity index is 442. The first-order valence-corrected chi connectivity index (χ1v) is 5.43. The molecule has 0 amide bonds. The maximum atomic E-state index is 4.37. The van der Waals surface area contributed by atoms with Crippen molar-refractivity contribution in [2.75, 3.05) is 0 Å². The summed E-state index contributed by atoms with van der Waals surface area (Å²) in [6.07, 6.45) is 2.98. The van der Waals surface area contributed by atoms with E-state index in [-0.39, 0.29) is 6.04 Å². The Morgan fingerprint density at radius 1 is 1.33 bits per heavy atom. The second-order valence-electron chi connectivity index (χ2n) is 4.42. The van der Waals surface area contributed by atoms with Gasteiger partial charge in [-0.3, -0.25) is 0 Å². The van der Waals surface area contributed by atoms with E-state index in [0.717, 1.165) is 11.9 Å². The second kappa shape index (κ2) is 4.05. The zero-order valence-corrected chi connectivity index (χ0v) is 9.35. The van der Waals surface area contributed by atoms with Gasteiger partial charge in [-0.2, -0.15) is 0 Å². The molecule has 2 rings (SSSR count). The van der Waals surface area contributed by atoms with Crippen LogP contribution in [0.1, 0.15) is 26.3 Å². The van der Waals surface area contributed by atoms with Crippen LogP contribution in [0.3, 0.4) is 0 Å². The molecular formula is C13H17N2. The van der Waals surface area contributed by atoms with E-state index < -0.39 is 0 Å². The van der Waals surface area contributed by atoms with E-state index in [1.165, 1.54) is 5.52 Å². The molecule has 1 aromatic heterocycles. The number of hydrogen-bond acceptors (Lipinski definition) is 1. The molecule has 1 atom stereocenters. The smallest absolute Gasteiger partial charge is 0.0960 e. The second-order valence-corrected chi connectivity index (χ2v) is 4.42. The molecule has 79 valence electrons. The number of hydrogen-bond donors (Lipinski definition) is 0. The first-order valence-electron chi connectivity index (χ1n) is 5.43. The number of fused-ring (bicyclic) bond motifs is 1. The van der Waals surface area contributed by atoms with Crippen LogP contribution in [0, 0.1) is 12.8 Å². The molecule has 2 heteroatoms. The van der Waals surface area contributed by atoms with Gasteiger partial charge >= 0.3 is 0 Å². The Morgan fingerprint density at radius 3 is 2.80 bits per heavy atom. The Hall–Kier alpha value is -1.31.